The van der Waals surface area contributed by atoms with E-state index >= 15 is 0 Å². The maximum absolute atomic E-state index is 6.70. The molecule has 0 aliphatic heterocycles. The van der Waals surface area contributed by atoms with Crippen molar-refractivity contribution in [2.75, 3.05) is 0 Å². The number of furan rings is 2. The third-order valence-electron chi connectivity index (χ3n) is 9.79. The topological polar surface area (TPSA) is 57.0 Å². The Morgan fingerprint density at radius 2 is 1.00 bits per heavy atom. The summed E-state index contributed by atoms with van der Waals surface area (Å²) in [4.78, 5) is 10.1. The fourth-order valence-electron chi connectivity index (χ4n) is 7.66. The molecule has 11 rings (SSSR count). The van der Waals surface area contributed by atoms with Crippen LogP contribution < -0.4 is 0 Å². The van der Waals surface area contributed by atoms with Crippen molar-refractivity contribution in [3.63, 3.8) is 0 Å². The predicted octanol–water partition coefficient (Wildman–Crippen LogP) is 11.9. The first-order chi connectivity index (χ1) is 24.3. The van der Waals surface area contributed by atoms with Crippen molar-refractivity contribution in [3.8, 4) is 28.3 Å². The minimum absolute atomic E-state index is 0.693. The van der Waals surface area contributed by atoms with Crippen LogP contribution in [-0.2, 0) is 0 Å². The zero-order valence-corrected chi connectivity index (χ0v) is 26.1. The van der Waals surface area contributed by atoms with E-state index in [1.807, 2.05) is 54.6 Å². The first kappa shape index (κ1) is 26.4. The first-order valence-electron chi connectivity index (χ1n) is 16.4. The number of para-hydroxylation sites is 4. The van der Waals surface area contributed by atoms with Gasteiger partial charge in [0.1, 0.15) is 22.3 Å². The minimum Gasteiger partial charge on any atom is -0.455 e. The molecule has 11 aromatic rings. The smallest absolute Gasteiger partial charge is 0.160 e. The fraction of sp³-hybridized carbons (Fsp3) is 0. The Balaban J connectivity index is 1.20. The average Bonchev–Trinajstić information content (AvgIpc) is 3.84. The lowest BCUT2D eigenvalue weighted by Crippen LogP contribution is -1.97. The predicted molar refractivity (Wildman–Crippen MR) is 199 cm³/mol. The largest absolute Gasteiger partial charge is 0.455 e. The molecule has 0 spiro atoms. The summed E-state index contributed by atoms with van der Waals surface area (Å²) in [5, 5.41) is 7.46. The quantitative estimate of drug-likeness (QED) is 0.196. The highest BCUT2D eigenvalue weighted by Gasteiger charge is 2.26. The normalized spacial score (nSPS) is 12.1. The summed E-state index contributed by atoms with van der Waals surface area (Å²) in [5.74, 6) is 0.693. The van der Waals surface area contributed by atoms with E-state index in [-0.39, 0.29) is 0 Å². The minimum atomic E-state index is 0.693. The zero-order chi connectivity index (χ0) is 32.1. The number of hydrogen-bond acceptors (Lipinski definition) is 4. The highest BCUT2D eigenvalue weighted by Crippen LogP contribution is 2.48. The molecule has 0 bridgehead atoms. The maximum atomic E-state index is 6.70. The molecule has 5 heteroatoms. The molecule has 0 unspecified atom stereocenters. The van der Waals surface area contributed by atoms with Gasteiger partial charge in [-0.3, -0.25) is 0 Å². The van der Waals surface area contributed by atoms with E-state index in [1.54, 1.807) is 0 Å². The molecular formula is C44H25N3O2. The molecule has 0 saturated heterocycles. The number of hydrogen-bond donors (Lipinski definition) is 0. The maximum Gasteiger partial charge on any atom is 0.160 e. The van der Waals surface area contributed by atoms with Gasteiger partial charge in [-0.1, -0.05) is 103 Å². The van der Waals surface area contributed by atoms with Crippen molar-refractivity contribution in [1.82, 2.24) is 14.5 Å². The van der Waals surface area contributed by atoms with Gasteiger partial charge in [0.2, 0.25) is 0 Å². The molecule has 0 fully saturated rings. The van der Waals surface area contributed by atoms with Crippen molar-refractivity contribution in [2.45, 2.75) is 0 Å². The van der Waals surface area contributed by atoms with Crippen LogP contribution in [0.3, 0.4) is 0 Å². The lowest BCUT2D eigenvalue weighted by molar-refractivity contribution is 0.665. The van der Waals surface area contributed by atoms with E-state index in [9.17, 15) is 0 Å². The van der Waals surface area contributed by atoms with E-state index in [1.165, 1.54) is 0 Å². The summed E-state index contributed by atoms with van der Waals surface area (Å²) in [7, 11) is 0. The number of benzene rings is 7. The molecular weight excluding hydrogens is 603 g/mol. The molecule has 0 saturated carbocycles. The zero-order valence-electron chi connectivity index (χ0n) is 26.1. The van der Waals surface area contributed by atoms with Crippen molar-refractivity contribution in [3.05, 3.63) is 152 Å². The van der Waals surface area contributed by atoms with Crippen molar-refractivity contribution in [2.24, 2.45) is 0 Å². The van der Waals surface area contributed by atoms with Gasteiger partial charge in [0.05, 0.1) is 38.4 Å². The third kappa shape index (κ3) is 3.70. The molecule has 5 nitrogen and oxygen atoms in total. The van der Waals surface area contributed by atoms with Gasteiger partial charge in [0, 0.05) is 38.4 Å². The van der Waals surface area contributed by atoms with Crippen LogP contribution in [0.5, 0.6) is 0 Å². The first-order valence-corrected chi connectivity index (χ1v) is 16.4. The molecule has 0 N–H and O–H groups in total. The van der Waals surface area contributed by atoms with Gasteiger partial charge in [0.15, 0.2) is 5.82 Å². The van der Waals surface area contributed by atoms with Crippen LogP contribution in [0, 0.1) is 0 Å². The summed E-state index contributed by atoms with van der Waals surface area (Å²) in [5.41, 5.74) is 10.4. The van der Waals surface area contributed by atoms with E-state index in [2.05, 4.69) is 102 Å². The lowest BCUT2D eigenvalue weighted by atomic mass is 10.0. The Morgan fingerprint density at radius 1 is 0.429 bits per heavy atom. The van der Waals surface area contributed by atoms with E-state index in [4.69, 9.17) is 18.8 Å². The molecule has 7 aromatic carbocycles. The van der Waals surface area contributed by atoms with Crippen molar-refractivity contribution >= 4 is 76.6 Å². The van der Waals surface area contributed by atoms with E-state index in [0.29, 0.717) is 5.82 Å². The Bertz CT molecular complexity index is 3060. The lowest BCUT2D eigenvalue weighted by Gasteiger charge is -2.12. The summed E-state index contributed by atoms with van der Waals surface area (Å²) >= 11 is 0. The number of aromatic nitrogens is 3. The van der Waals surface area contributed by atoms with Gasteiger partial charge < -0.3 is 13.4 Å². The van der Waals surface area contributed by atoms with Crippen LogP contribution in [0.25, 0.3) is 105 Å². The number of fused-ring (bicyclic) bond motifs is 13. The summed E-state index contributed by atoms with van der Waals surface area (Å²) < 4.78 is 15.7. The van der Waals surface area contributed by atoms with Crippen LogP contribution in [-0.4, -0.2) is 14.5 Å². The standard InChI is InChI=1S/C44H25N3O2/c1-2-12-26(13-3-1)40-29-14-4-8-18-33(29)45-44(46-40)27-22-24-28(25-23-27)47-34-19-9-5-15-30(34)37-41(47)38-31-16-6-10-20-35(31)48-43(38)39-32-17-7-11-21-36(32)49-42(37)39/h1-25H. The molecule has 49 heavy (non-hydrogen) atoms. The Hall–Kier alpha value is -6.72. The monoisotopic (exact) mass is 627 g/mol. The summed E-state index contributed by atoms with van der Waals surface area (Å²) in [6.07, 6.45) is 0. The fourth-order valence-corrected chi connectivity index (χ4v) is 7.66. The molecule has 0 aliphatic rings. The molecule has 228 valence electrons. The van der Waals surface area contributed by atoms with Gasteiger partial charge in [-0.2, -0.15) is 0 Å². The second-order valence-corrected chi connectivity index (χ2v) is 12.5. The van der Waals surface area contributed by atoms with Crippen LogP contribution in [0.15, 0.2) is 160 Å². The Labute approximate surface area is 279 Å². The molecule has 4 aromatic heterocycles. The molecule has 0 atom stereocenters. The summed E-state index contributed by atoms with van der Waals surface area (Å²) in [6, 6.07) is 52.2. The third-order valence-corrected chi connectivity index (χ3v) is 9.79. The molecule has 0 amide bonds. The van der Waals surface area contributed by atoms with Gasteiger partial charge >= 0.3 is 0 Å². The van der Waals surface area contributed by atoms with Gasteiger partial charge in [-0.05, 0) is 48.5 Å². The molecule has 0 aliphatic carbocycles. The van der Waals surface area contributed by atoms with Gasteiger partial charge in [0.25, 0.3) is 0 Å². The van der Waals surface area contributed by atoms with Gasteiger partial charge in [-0.15, -0.1) is 0 Å². The van der Waals surface area contributed by atoms with Crippen LogP contribution in [0.4, 0.5) is 0 Å². The number of nitrogens with zero attached hydrogens (tertiary/aromatic N) is 3. The van der Waals surface area contributed by atoms with Crippen LogP contribution in [0.1, 0.15) is 0 Å². The molecule has 0 radical (unpaired) electrons. The highest BCUT2D eigenvalue weighted by molar-refractivity contribution is 6.37. The number of rotatable bonds is 3. The average molecular weight is 628 g/mol. The Morgan fingerprint density at radius 3 is 1.73 bits per heavy atom. The van der Waals surface area contributed by atoms with E-state index < -0.39 is 0 Å². The molecule has 4 heterocycles. The summed E-state index contributed by atoms with van der Waals surface area (Å²) in [6.45, 7) is 0. The second-order valence-electron chi connectivity index (χ2n) is 12.5. The van der Waals surface area contributed by atoms with E-state index in [0.717, 1.165) is 99.1 Å². The second kappa shape index (κ2) is 9.89. The SMILES string of the molecule is c1ccc(-c2nc(-c3ccc(-n4c5ccccc5c5c6oc7ccccc7c6c6oc7ccccc7c6c54)cc3)nc3ccccc23)cc1. The van der Waals surface area contributed by atoms with Crippen LogP contribution in [0.2, 0.25) is 0 Å². The van der Waals surface area contributed by atoms with Crippen molar-refractivity contribution < 1.29 is 8.83 Å². The van der Waals surface area contributed by atoms with Crippen LogP contribution >= 0.6 is 0 Å². The van der Waals surface area contributed by atoms with Gasteiger partial charge in [-0.25, -0.2) is 9.97 Å². The highest BCUT2D eigenvalue weighted by atomic mass is 16.3. The Kier molecular flexibility index (Phi) is 5.32. The van der Waals surface area contributed by atoms with Crippen molar-refractivity contribution in [1.29, 1.82) is 0 Å².